The van der Waals surface area contributed by atoms with E-state index in [2.05, 4.69) is 5.32 Å². The van der Waals surface area contributed by atoms with E-state index in [1.165, 1.54) is 6.07 Å². The molecule has 0 saturated carbocycles. The molecule has 1 N–H and O–H groups in total. The highest BCUT2D eigenvalue weighted by Crippen LogP contribution is 2.20. The van der Waals surface area contributed by atoms with Gasteiger partial charge in [-0.25, -0.2) is 4.79 Å². The lowest BCUT2D eigenvalue weighted by Gasteiger charge is -2.09. The molecule has 0 aliphatic carbocycles. The summed E-state index contributed by atoms with van der Waals surface area (Å²) >= 11 is 0. The van der Waals surface area contributed by atoms with Crippen LogP contribution >= 0.6 is 0 Å². The van der Waals surface area contributed by atoms with E-state index in [9.17, 15) is 14.4 Å². The van der Waals surface area contributed by atoms with Gasteiger partial charge in [-0.2, -0.15) is 0 Å². The number of rotatable bonds is 6. The first-order valence-electron chi connectivity index (χ1n) is 10.0. The van der Waals surface area contributed by atoms with Gasteiger partial charge in [-0.05, 0) is 41.0 Å². The standard InChI is InChI=1S/C25H21NO5/c1-2-16-7-10-21-20(13-23(27)31-22(21)11-16)15-30-24(28)14-26-25(29)19-9-8-17-5-3-4-6-18(17)12-19/h3-13H,2,14-15H2,1H3,(H,26,29). The molecule has 156 valence electrons. The number of aryl methyl sites for hydroxylation is 1. The number of hydrogen-bond acceptors (Lipinski definition) is 5. The summed E-state index contributed by atoms with van der Waals surface area (Å²) in [5.74, 6) is -0.957. The maximum absolute atomic E-state index is 12.4. The van der Waals surface area contributed by atoms with Crippen LogP contribution in [0.3, 0.4) is 0 Å². The molecule has 0 atom stereocenters. The number of amides is 1. The van der Waals surface area contributed by atoms with Crippen molar-refractivity contribution in [2.75, 3.05) is 6.54 Å². The largest absolute Gasteiger partial charge is 0.459 e. The average Bonchev–Trinajstić information content (AvgIpc) is 2.80. The van der Waals surface area contributed by atoms with E-state index in [4.69, 9.17) is 9.15 Å². The normalized spacial score (nSPS) is 10.9. The van der Waals surface area contributed by atoms with Crippen molar-refractivity contribution in [3.8, 4) is 0 Å². The first kappa shape index (κ1) is 20.3. The van der Waals surface area contributed by atoms with Crippen molar-refractivity contribution >= 4 is 33.6 Å². The van der Waals surface area contributed by atoms with Crippen LogP contribution in [-0.2, 0) is 22.6 Å². The summed E-state index contributed by atoms with van der Waals surface area (Å²) in [5, 5.41) is 5.26. The molecule has 1 amide bonds. The summed E-state index contributed by atoms with van der Waals surface area (Å²) < 4.78 is 10.5. The van der Waals surface area contributed by atoms with Crippen LogP contribution in [0.2, 0.25) is 0 Å². The third kappa shape index (κ3) is 4.64. The van der Waals surface area contributed by atoms with E-state index in [0.717, 1.165) is 22.8 Å². The van der Waals surface area contributed by atoms with Crippen LogP contribution in [0.15, 0.2) is 75.9 Å². The molecular formula is C25H21NO5. The van der Waals surface area contributed by atoms with Crippen molar-refractivity contribution in [2.45, 2.75) is 20.0 Å². The molecule has 0 spiro atoms. The van der Waals surface area contributed by atoms with E-state index < -0.39 is 11.6 Å². The van der Waals surface area contributed by atoms with E-state index in [0.29, 0.717) is 22.1 Å². The van der Waals surface area contributed by atoms with E-state index >= 15 is 0 Å². The quantitative estimate of drug-likeness (QED) is 0.380. The second-order valence-electron chi connectivity index (χ2n) is 7.18. The van der Waals surface area contributed by atoms with E-state index in [1.807, 2.05) is 55.5 Å². The summed E-state index contributed by atoms with van der Waals surface area (Å²) in [6.45, 7) is 1.65. The van der Waals surface area contributed by atoms with Gasteiger partial charge in [0.2, 0.25) is 0 Å². The Kier molecular flexibility index (Phi) is 5.80. The highest BCUT2D eigenvalue weighted by atomic mass is 16.5. The molecule has 0 bridgehead atoms. The predicted molar refractivity (Wildman–Crippen MR) is 118 cm³/mol. The van der Waals surface area contributed by atoms with E-state index in [1.54, 1.807) is 12.1 Å². The number of carbonyl (C=O) groups excluding carboxylic acids is 2. The Bertz CT molecular complexity index is 1340. The van der Waals surface area contributed by atoms with Crippen molar-refractivity contribution in [1.82, 2.24) is 5.32 Å². The molecule has 0 unspecified atom stereocenters. The fourth-order valence-corrected chi connectivity index (χ4v) is 3.41. The van der Waals surface area contributed by atoms with Gasteiger partial charge < -0.3 is 14.5 Å². The molecule has 0 fully saturated rings. The van der Waals surface area contributed by atoms with Crippen LogP contribution < -0.4 is 10.9 Å². The summed E-state index contributed by atoms with van der Waals surface area (Å²) in [7, 11) is 0. The van der Waals surface area contributed by atoms with Crippen LogP contribution in [-0.4, -0.2) is 18.4 Å². The second-order valence-corrected chi connectivity index (χ2v) is 7.18. The van der Waals surface area contributed by atoms with Gasteiger partial charge in [-0.15, -0.1) is 0 Å². The highest BCUT2D eigenvalue weighted by Gasteiger charge is 2.12. The first-order chi connectivity index (χ1) is 15.0. The van der Waals surface area contributed by atoms with Crippen LogP contribution in [0.25, 0.3) is 21.7 Å². The fraction of sp³-hybridized carbons (Fsp3) is 0.160. The molecule has 4 rings (SSSR count). The summed E-state index contributed by atoms with van der Waals surface area (Å²) in [4.78, 5) is 36.4. The minimum absolute atomic E-state index is 0.0851. The average molecular weight is 415 g/mol. The van der Waals surface area contributed by atoms with Gasteiger partial charge in [0.05, 0.1) is 0 Å². The molecule has 0 radical (unpaired) electrons. The van der Waals surface area contributed by atoms with Crippen LogP contribution in [0.1, 0.15) is 28.4 Å². The number of hydrogen-bond donors (Lipinski definition) is 1. The summed E-state index contributed by atoms with van der Waals surface area (Å²) in [6.07, 6.45) is 0.815. The Balaban J connectivity index is 1.39. The van der Waals surface area contributed by atoms with Gasteiger partial charge in [0.25, 0.3) is 5.91 Å². The van der Waals surface area contributed by atoms with Gasteiger partial charge in [-0.3, -0.25) is 9.59 Å². The lowest BCUT2D eigenvalue weighted by Crippen LogP contribution is -2.30. The number of benzene rings is 3. The Labute approximate surface area is 178 Å². The maximum Gasteiger partial charge on any atom is 0.336 e. The third-order valence-corrected chi connectivity index (χ3v) is 5.10. The number of ether oxygens (including phenoxy) is 1. The lowest BCUT2D eigenvalue weighted by molar-refractivity contribution is -0.143. The van der Waals surface area contributed by atoms with Gasteiger partial charge >= 0.3 is 11.6 Å². The molecule has 0 saturated heterocycles. The van der Waals surface area contributed by atoms with Crippen LogP contribution in [0.4, 0.5) is 0 Å². The Morgan fingerprint density at radius 2 is 1.77 bits per heavy atom. The fourth-order valence-electron chi connectivity index (χ4n) is 3.41. The molecule has 1 heterocycles. The first-order valence-corrected chi connectivity index (χ1v) is 10.0. The smallest absolute Gasteiger partial charge is 0.336 e. The number of esters is 1. The zero-order valence-electron chi connectivity index (χ0n) is 17.0. The molecule has 6 nitrogen and oxygen atoms in total. The second kappa shape index (κ2) is 8.83. The number of fused-ring (bicyclic) bond motifs is 2. The van der Waals surface area contributed by atoms with Crippen molar-refractivity contribution in [3.05, 3.63) is 93.8 Å². The molecule has 4 aromatic rings. The monoisotopic (exact) mass is 415 g/mol. The van der Waals surface area contributed by atoms with Crippen molar-refractivity contribution in [3.63, 3.8) is 0 Å². The van der Waals surface area contributed by atoms with Crippen molar-refractivity contribution in [1.29, 1.82) is 0 Å². The Hall–Kier alpha value is -3.93. The summed E-state index contributed by atoms with van der Waals surface area (Å²) in [5.41, 5.74) is 2.02. The molecule has 0 aliphatic heterocycles. The lowest BCUT2D eigenvalue weighted by atomic mass is 10.1. The van der Waals surface area contributed by atoms with Crippen molar-refractivity contribution < 1.29 is 18.7 Å². The minimum Gasteiger partial charge on any atom is -0.459 e. The molecule has 6 heteroatoms. The zero-order chi connectivity index (χ0) is 21.8. The predicted octanol–water partition coefficient (Wildman–Crippen LogP) is 3.98. The molecule has 0 aliphatic rings. The Morgan fingerprint density at radius 3 is 2.58 bits per heavy atom. The molecule has 3 aromatic carbocycles. The summed E-state index contributed by atoms with van der Waals surface area (Å²) in [6, 6.07) is 20.0. The number of nitrogens with one attached hydrogen (secondary N) is 1. The van der Waals surface area contributed by atoms with Gasteiger partial charge in [-0.1, -0.05) is 49.4 Å². The van der Waals surface area contributed by atoms with Gasteiger partial charge in [0.15, 0.2) is 0 Å². The van der Waals surface area contributed by atoms with E-state index in [-0.39, 0.29) is 19.1 Å². The molecule has 31 heavy (non-hydrogen) atoms. The minimum atomic E-state index is -0.597. The SMILES string of the molecule is CCc1ccc2c(COC(=O)CNC(=O)c3ccc4ccccc4c3)cc(=O)oc2c1. The topological polar surface area (TPSA) is 85.6 Å². The Morgan fingerprint density at radius 1 is 0.968 bits per heavy atom. The zero-order valence-corrected chi connectivity index (χ0v) is 17.0. The number of carbonyl (C=O) groups is 2. The van der Waals surface area contributed by atoms with Gasteiger partial charge in [0, 0.05) is 22.6 Å². The maximum atomic E-state index is 12.4. The molecular weight excluding hydrogens is 394 g/mol. The van der Waals surface area contributed by atoms with Gasteiger partial charge in [0.1, 0.15) is 18.7 Å². The van der Waals surface area contributed by atoms with Crippen LogP contribution in [0.5, 0.6) is 0 Å². The molecule has 1 aromatic heterocycles. The highest BCUT2D eigenvalue weighted by molar-refractivity contribution is 5.99. The van der Waals surface area contributed by atoms with Crippen LogP contribution in [0, 0.1) is 0 Å². The third-order valence-electron chi connectivity index (χ3n) is 5.10. The van der Waals surface area contributed by atoms with Crippen molar-refractivity contribution in [2.24, 2.45) is 0 Å².